The number of amides is 1. The van der Waals surface area contributed by atoms with Gasteiger partial charge in [0.25, 0.3) is 5.91 Å². The highest BCUT2D eigenvalue weighted by Crippen LogP contribution is 2.43. The number of carbonyl (C=O) groups excluding carboxylic acids is 1. The summed E-state index contributed by atoms with van der Waals surface area (Å²) >= 11 is 13.5. The van der Waals surface area contributed by atoms with Crippen molar-refractivity contribution in [1.82, 2.24) is 23.8 Å². The lowest BCUT2D eigenvalue weighted by Crippen LogP contribution is -2.31. The lowest BCUT2D eigenvalue weighted by Gasteiger charge is -2.22. The summed E-state index contributed by atoms with van der Waals surface area (Å²) in [6.45, 7) is 10.0. The molecule has 1 aliphatic rings. The second kappa shape index (κ2) is 14.0. The van der Waals surface area contributed by atoms with Crippen LogP contribution < -0.4 is 4.74 Å². The number of hydrogen-bond acceptors (Lipinski definition) is 4. The zero-order valence-corrected chi connectivity index (χ0v) is 32.0. The standard InChI is InChI=1S/C41H43Cl2N5O4/c1-23-18-29(19-24(2)38(23)43)52-17-8-11-30-31-13-14-32(42)37(35-25(3)44-46(6)26(35)4)39(31)48-16-9-15-47(41(51)40(30)48)22-27-10-7-12-33-36(27)28(20-34(49)50)21-45(33)5/h7,10,12-14,18-19,21H,8-9,11,15-17,20,22H2,1-6H3,(H,49,50). The number of fused-ring (bicyclic) bond motifs is 4. The Morgan fingerprint density at radius 2 is 1.73 bits per heavy atom. The zero-order chi connectivity index (χ0) is 37.0. The van der Waals surface area contributed by atoms with Gasteiger partial charge in [-0.15, -0.1) is 0 Å². The van der Waals surface area contributed by atoms with Crippen molar-refractivity contribution in [2.24, 2.45) is 14.1 Å². The van der Waals surface area contributed by atoms with E-state index >= 15 is 0 Å². The molecule has 6 aromatic rings. The van der Waals surface area contributed by atoms with E-state index in [0.29, 0.717) is 49.8 Å². The molecule has 0 fully saturated rings. The van der Waals surface area contributed by atoms with Crippen LogP contribution in [0.4, 0.5) is 0 Å². The summed E-state index contributed by atoms with van der Waals surface area (Å²) in [5, 5.41) is 17.6. The molecule has 270 valence electrons. The van der Waals surface area contributed by atoms with Gasteiger partial charge in [0.2, 0.25) is 0 Å². The molecule has 0 aliphatic carbocycles. The third-order valence-electron chi connectivity index (χ3n) is 10.5. The van der Waals surface area contributed by atoms with Gasteiger partial charge in [-0.05, 0) is 99.0 Å². The molecular weight excluding hydrogens is 697 g/mol. The topological polar surface area (TPSA) is 94.5 Å². The van der Waals surface area contributed by atoms with Gasteiger partial charge in [0.15, 0.2) is 0 Å². The monoisotopic (exact) mass is 739 g/mol. The lowest BCUT2D eigenvalue weighted by molar-refractivity contribution is -0.136. The molecule has 1 aliphatic heterocycles. The highest BCUT2D eigenvalue weighted by molar-refractivity contribution is 6.35. The maximum atomic E-state index is 15.0. The van der Waals surface area contributed by atoms with Crippen LogP contribution >= 0.6 is 23.2 Å². The predicted molar refractivity (Wildman–Crippen MR) is 207 cm³/mol. The number of hydrogen-bond donors (Lipinski definition) is 1. The van der Waals surface area contributed by atoms with Crippen molar-refractivity contribution in [2.45, 2.75) is 66.5 Å². The van der Waals surface area contributed by atoms with Crippen LogP contribution in [0, 0.1) is 27.7 Å². The Labute approximate surface area is 313 Å². The van der Waals surface area contributed by atoms with E-state index in [4.69, 9.17) is 33.0 Å². The second-order valence-corrected chi connectivity index (χ2v) is 14.8. The number of carbonyl (C=O) groups is 2. The fraction of sp³-hybridized carbons (Fsp3) is 0.341. The first-order valence-electron chi connectivity index (χ1n) is 17.7. The minimum Gasteiger partial charge on any atom is -0.494 e. The average Bonchev–Trinajstić information content (AvgIpc) is 3.63. The molecule has 1 N–H and O–H groups in total. The molecule has 3 aromatic carbocycles. The summed E-state index contributed by atoms with van der Waals surface area (Å²) in [6, 6.07) is 13.9. The van der Waals surface area contributed by atoms with Crippen LogP contribution in [0.3, 0.4) is 0 Å². The van der Waals surface area contributed by atoms with Crippen molar-refractivity contribution in [3.8, 4) is 16.9 Å². The number of carboxylic acid groups (broad SMARTS) is 1. The van der Waals surface area contributed by atoms with Gasteiger partial charge >= 0.3 is 5.97 Å². The van der Waals surface area contributed by atoms with E-state index in [1.165, 1.54) is 0 Å². The number of benzene rings is 3. The molecule has 0 radical (unpaired) electrons. The second-order valence-electron chi connectivity index (χ2n) is 14.0. The highest BCUT2D eigenvalue weighted by atomic mass is 35.5. The van der Waals surface area contributed by atoms with Gasteiger partial charge in [-0.25, -0.2) is 0 Å². The molecule has 0 spiro atoms. The minimum absolute atomic E-state index is 0.0528. The maximum absolute atomic E-state index is 15.0. The SMILES string of the molecule is Cc1cc(OCCCc2c3n(c4c(-c5c(C)nn(C)c5C)c(Cl)ccc24)CCCN(Cc2cccc4c2c(CC(=O)O)cn4C)C3=O)cc(C)c1Cl. The molecule has 11 heteroatoms. The van der Waals surface area contributed by atoms with E-state index in [0.717, 1.165) is 89.3 Å². The molecule has 0 saturated carbocycles. The number of nitrogens with zero attached hydrogens (tertiary/aromatic N) is 5. The Bertz CT molecular complexity index is 2380. The van der Waals surface area contributed by atoms with E-state index in [9.17, 15) is 14.7 Å². The first-order chi connectivity index (χ1) is 24.8. The molecular formula is C41H43Cl2N5O4. The molecule has 1 amide bonds. The predicted octanol–water partition coefficient (Wildman–Crippen LogP) is 8.76. The molecule has 52 heavy (non-hydrogen) atoms. The summed E-state index contributed by atoms with van der Waals surface area (Å²) in [5.74, 6) is -0.166. The number of aryl methyl sites for hydroxylation is 7. The van der Waals surface area contributed by atoms with Crippen LogP contribution in [0.5, 0.6) is 5.75 Å². The van der Waals surface area contributed by atoms with Crippen LogP contribution in [0.2, 0.25) is 10.0 Å². The molecule has 0 atom stereocenters. The number of carboxylic acids is 1. The summed E-state index contributed by atoms with van der Waals surface area (Å²) in [5.41, 5.74) is 10.9. The largest absolute Gasteiger partial charge is 0.494 e. The van der Waals surface area contributed by atoms with E-state index < -0.39 is 5.97 Å². The van der Waals surface area contributed by atoms with Gasteiger partial charge in [0.05, 0.1) is 29.3 Å². The Hall–Kier alpha value is -4.73. The van der Waals surface area contributed by atoms with Crippen molar-refractivity contribution >= 4 is 56.9 Å². The Kier molecular flexibility index (Phi) is 9.61. The summed E-state index contributed by atoms with van der Waals surface area (Å²) in [6.07, 6.45) is 3.83. The summed E-state index contributed by atoms with van der Waals surface area (Å²) in [4.78, 5) is 28.7. The maximum Gasteiger partial charge on any atom is 0.307 e. The molecule has 0 unspecified atom stereocenters. The first kappa shape index (κ1) is 35.7. The van der Waals surface area contributed by atoms with Crippen LogP contribution in [0.1, 0.15) is 62.5 Å². The molecule has 9 nitrogen and oxygen atoms in total. The van der Waals surface area contributed by atoms with E-state index in [1.54, 1.807) is 0 Å². The smallest absolute Gasteiger partial charge is 0.307 e. The van der Waals surface area contributed by atoms with Gasteiger partial charge < -0.3 is 23.9 Å². The third kappa shape index (κ3) is 6.24. The number of rotatable bonds is 10. The molecule has 0 saturated heterocycles. The van der Waals surface area contributed by atoms with Crippen molar-refractivity contribution in [3.05, 3.63) is 104 Å². The van der Waals surface area contributed by atoms with E-state index in [1.807, 2.05) is 105 Å². The first-order valence-corrected chi connectivity index (χ1v) is 18.4. The van der Waals surface area contributed by atoms with Crippen LogP contribution in [-0.4, -0.2) is 53.9 Å². The van der Waals surface area contributed by atoms with Gasteiger partial charge in [0.1, 0.15) is 11.4 Å². The third-order valence-corrected chi connectivity index (χ3v) is 11.4. The zero-order valence-electron chi connectivity index (χ0n) is 30.4. The number of aromatic nitrogens is 4. The highest BCUT2D eigenvalue weighted by Gasteiger charge is 2.32. The normalized spacial score (nSPS) is 13.3. The van der Waals surface area contributed by atoms with E-state index in [2.05, 4.69) is 4.57 Å². The van der Waals surface area contributed by atoms with Crippen molar-refractivity contribution < 1.29 is 19.4 Å². The average molecular weight is 741 g/mol. The Morgan fingerprint density at radius 3 is 2.42 bits per heavy atom. The quantitative estimate of drug-likeness (QED) is 0.142. The van der Waals surface area contributed by atoms with Crippen LogP contribution in [-0.2, 0) is 44.8 Å². The van der Waals surface area contributed by atoms with Crippen molar-refractivity contribution in [2.75, 3.05) is 13.2 Å². The fourth-order valence-electron chi connectivity index (χ4n) is 8.09. The van der Waals surface area contributed by atoms with Crippen molar-refractivity contribution in [1.29, 1.82) is 0 Å². The number of ether oxygens (including phenoxy) is 1. The van der Waals surface area contributed by atoms with E-state index in [-0.39, 0.29) is 12.3 Å². The van der Waals surface area contributed by atoms with Gasteiger partial charge in [-0.1, -0.05) is 41.4 Å². The molecule has 7 rings (SSSR count). The summed E-state index contributed by atoms with van der Waals surface area (Å²) < 4.78 is 12.2. The molecule has 0 bridgehead atoms. The Balaban J connectivity index is 1.32. The molecule has 3 aromatic heterocycles. The lowest BCUT2D eigenvalue weighted by atomic mass is 9.98. The van der Waals surface area contributed by atoms with Crippen LogP contribution in [0.15, 0.2) is 48.7 Å². The Morgan fingerprint density at radius 1 is 0.981 bits per heavy atom. The van der Waals surface area contributed by atoms with Gasteiger partial charge in [-0.2, -0.15) is 5.10 Å². The van der Waals surface area contributed by atoms with Crippen molar-refractivity contribution in [3.63, 3.8) is 0 Å². The van der Waals surface area contributed by atoms with Gasteiger partial charge in [0, 0.05) is 78.1 Å². The number of aliphatic carboxylic acids is 1. The minimum atomic E-state index is -0.888. The number of halogens is 2. The fourth-order valence-corrected chi connectivity index (χ4v) is 8.45. The van der Waals surface area contributed by atoms with Crippen LogP contribution in [0.25, 0.3) is 32.9 Å². The summed E-state index contributed by atoms with van der Waals surface area (Å²) in [7, 11) is 3.86. The van der Waals surface area contributed by atoms with Gasteiger partial charge in [-0.3, -0.25) is 14.3 Å². The molecule has 4 heterocycles.